The molecule has 0 unspecified atom stereocenters. The molecule has 7 heteroatoms. The summed E-state index contributed by atoms with van der Waals surface area (Å²) in [5.41, 5.74) is 1.09. The predicted octanol–water partition coefficient (Wildman–Crippen LogP) is 2.32. The van der Waals surface area contributed by atoms with E-state index < -0.39 is 0 Å². The minimum absolute atomic E-state index is 0.199. The van der Waals surface area contributed by atoms with Crippen LogP contribution in [0, 0.1) is 12.1 Å². The maximum absolute atomic E-state index is 11.6. The summed E-state index contributed by atoms with van der Waals surface area (Å²) in [5.74, 6) is 0.800. The molecule has 3 rings (SSSR count). The Balaban J connectivity index is 2.04. The van der Waals surface area contributed by atoms with Crippen molar-refractivity contribution in [2.75, 3.05) is 0 Å². The molecule has 0 aliphatic heterocycles. The fourth-order valence-corrected chi connectivity index (χ4v) is 2.10. The van der Waals surface area contributed by atoms with E-state index in [2.05, 4.69) is 15.1 Å². The van der Waals surface area contributed by atoms with Crippen LogP contribution in [0.3, 0.4) is 0 Å². The second kappa shape index (κ2) is 4.94. The lowest BCUT2D eigenvalue weighted by Crippen LogP contribution is -2.28. The molecule has 0 N–H and O–H groups in total. The average Bonchev–Trinajstić information content (AvgIpc) is 2.88. The van der Waals surface area contributed by atoms with Crippen LogP contribution >= 0.6 is 0 Å². The minimum atomic E-state index is -0.199. The summed E-state index contributed by atoms with van der Waals surface area (Å²) in [7, 11) is 0. The molecule has 0 aliphatic carbocycles. The number of ether oxygens (including phenoxy) is 1. The Morgan fingerprint density at radius 1 is 1.23 bits per heavy atom. The quantitative estimate of drug-likeness (QED) is 0.536. The molecule has 0 aliphatic rings. The highest BCUT2D eigenvalue weighted by atomic mass is 16.5. The van der Waals surface area contributed by atoms with Crippen molar-refractivity contribution in [3.8, 4) is 11.6 Å². The number of aromatic nitrogens is 5. The molecule has 0 saturated carbocycles. The van der Waals surface area contributed by atoms with Crippen molar-refractivity contribution in [1.29, 1.82) is 0 Å². The highest BCUT2D eigenvalue weighted by Crippen LogP contribution is 2.28. The lowest BCUT2D eigenvalue weighted by atomic mass is 10.1. The molecule has 0 radical (unpaired) electrons. The Kier molecular flexibility index (Phi) is 3.20. The van der Waals surface area contributed by atoms with Crippen LogP contribution in [0.2, 0.25) is 0 Å². The predicted molar refractivity (Wildman–Crippen MR) is 80.5 cm³/mol. The third-order valence-electron chi connectivity index (χ3n) is 3.26. The fraction of sp³-hybridized carbons (Fsp3) is 0.333. The zero-order valence-electron chi connectivity index (χ0n) is 12.9. The average molecular weight is 299 g/mol. The standard InChI is InChI=1S/C15H17N5O2/c1-10-5-6-11(8-19(10)21)22-14-12-7-18-20(15(2,3)4)13(12)16-9-17-14/h5-9H,1-4H3. The van der Waals surface area contributed by atoms with Gasteiger partial charge in [-0.1, -0.05) is 0 Å². The first-order valence-electron chi connectivity index (χ1n) is 6.93. The van der Waals surface area contributed by atoms with Gasteiger partial charge in [0.15, 0.2) is 17.1 Å². The van der Waals surface area contributed by atoms with Crippen molar-refractivity contribution < 1.29 is 9.47 Å². The van der Waals surface area contributed by atoms with E-state index in [1.165, 1.54) is 12.5 Å². The highest BCUT2D eigenvalue weighted by Gasteiger charge is 2.20. The Bertz CT molecular complexity index is 836. The number of fused-ring (bicyclic) bond motifs is 1. The molecule has 0 atom stereocenters. The zero-order valence-corrected chi connectivity index (χ0v) is 12.9. The molecular formula is C15H17N5O2. The Morgan fingerprint density at radius 2 is 2.00 bits per heavy atom. The van der Waals surface area contributed by atoms with E-state index in [1.807, 2.05) is 25.5 Å². The molecule has 0 bridgehead atoms. The molecule has 0 fully saturated rings. The van der Waals surface area contributed by atoms with Crippen molar-refractivity contribution in [2.24, 2.45) is 0 Å². The number of pyridine rings is 1. The molecule has 0 aromatic carbocycles. The van der Waals surface area contributed by atoms with Gasteiger partial charge in [-0.05, 0) is 26.8 Å². The Labute approximate surface area is 127 Å². The molecule has 7 nitrogen and oxygen atoms in total. The van der Waals surface area contributed by atoms with Crippen LogP contribution in [0.25, 0.3) is 11.0 Å². The first-order valence-corrected chi connectivity index (χ1v) is 6.93. The van der Waals surface area contributed by atoms with Gasteiger partial charge in [-0.15, -0.1) is 0 Å². The van der Waals surface area contributed by atoms with Gasteiger partial charge in [0.25, 0.3) is 0 Å². The summed E-state index contributed by atoms with van der Waals surface area (Å²) in [6.45, 7) is 7.86. The van der Waals surface area contributed by atoms with Crippen molar-refractivity contribution in [1.82, 2.24) is 19.7 Å². The second-order valence-electron chi connectivity index (χ2n) is 6.08. The van der Waals surface area contributed by atoms with Crippen molar-refractivity contribution in [3.05, 3.63) is 41.8 Å². The van der Waals surface area contributed by atoms with Crippen LogP contribution < -0.4 is 9.47 Å². The number of nitrogens with zero attached hydrogens (tertiary/aromatic N) is 5. The molecule has 0 amide bonds. The number of aryl methyl sites for hydroxylation is 1. The summed E-state index contributed by atoms with van der Waals surface area (Å²) in [5, 5.41) is 16.7. The van der Waals surface area contributed by atoms with Gasteiger partial charge >= 0.3 is 0 Å². The van der Waals surface area contributed by atoms with Gasteiger partial charge in [-0.2, -0.15) is 9.83 Å². The van der Waals surface area contributed by atoms with E-state index in [4.69, 9.17) is 4.74 Å². The molecule has 3 aromatic heterocycles. The number of rotatable bonds is 2. The van der Waals surface area contributed by atoms with Crippen LogP contribution in [-0.4, -0.2) is 19.7 Å². The summed E-state index contributed by atoms with van der Waals surface area (Å²) in [6, 6.07) is 3.42. The Morgan fingerprint density at radius 3 is 2.68 bits per heavy atom. The van der Waals surface area contributed by atoms with Crippen LogP contribution in [0.1, 0.15) is 26.5 Å². The smallest absolute Gasteiger partial charge is 0.233 e. The molecule has 3 aromatic rings. The van der Waals surface area contributed by atoms with E-state index in [0.29, 0.717) is 28.4 Å². The monoisotopic (exact) mass is 299 g/mol. The SMILES string of the molecule is Cc1ccc(Oc2ncnc3c2cnn3C(C)(C)C)c[n+]1[O-]. The largest absolute Gasteiger partial charge is 0.618 e. The van der Waals surface area contributed by atoms with Gasteiger partial charge in [0.05, 0.1) is 11.7 Å². The van der Waals surface area contributed by atoms with Crippen LogP contribution in [0.4, 0.5) is 0 Å². The lowest BCUT2D eigenvalue weighted by Gasteiger charge is -2.19. The van der Waals surface area contributed by atoms with Gasteiger partial charge in [-0.25, -0.2) is 14.6 Å². The van der Waals surface area contributed by atoms with Gasteiger partial charge in [0, 0.05) is 13.0 Å². The minimum Gasteiger partial charge on any atom is -0.618 e. The second-order valence-corrected chi connectivity index (χ2v) is 6.08. The fourth-order valence-electron chi connectivity index (χ4n) is 2.10. The van der Waals surface area contributed by atoms with Gasteiger partial charge in [-0.3, -0.25) is 0 Å². The van der Waals surface area contributed by atoms with Crippen molar-refractivity contribution >= 4 is 11.0 Å². The first kappa shape index (κ1) is 14.2. The maximum atomic E-state index is 11.6. The lowest BCUT2D eigenvalue weighted by molar-refractivity contribution is -0.612. The summed E-state index contributed by atoms with van der Waals surface area (Å²) in [4.78, 5) is 8.44. The van der Waals surface area contributed by atoms with Crippen molar-refractivity contribution in [2.45, 2.75) is 33.2 Å². The topological polar surface area (TPSA) is 79.8 Å². The van der Waals surface area contributed by atoms with E-state index in [-0.39, 0.29) is 5.54 Å². The number of hydrogen-bond acceptors (Lipinski definition) is 5. The van der Waals surface area contributed by atoms with E-state index in [1.54, 1.807) is 25.3 Å². The summed E-state index contributed by atoms with van der Waals surface area (Å²) < 4.78 is 8.30. The molecule has 0 saturated heterocycles. The van der Waals surface area contributed by atoms with E-state index in [0.717, 1.165) is 4.73 Å². The molecule has 3 heterocycles. The van der Waals surface area contributed by atoms with Gasteiger partial charge in [0.2, 0.25) is 12.1 Å². The molecule has 22 heavy (non-hydrogen) atoms. The maximum Gasteiger partial charge on any atom is 0.233 e. The zero-order chi connectivity index (χ0) is 15.9. The first-order chi connectivity index (χ1) is 10.4. The third kappa shape index (κ3) is 2.45. The van der Waals surface area contributed by atoms with E-state index in [9.17, 15) is 5.21 Å². The molecular weight excluding hydrogens is 282 g/mol. The molecule has 114 valence electrons. The molecule has 0 spiro atoms. The summed E-state index contributed by atoms with van der Waals surface area (Å²) in [6.07, 6.45) is 4.48. The van der Waals surface area contributed by atoms with E-state index >= 15 is 0 Å². The van der Waals surface area contributed by atoms with Crippen molar-refractivity contribution in [3.63, 3.8) is 0 Å². The van der Waals surface area contributed by atoms with Crippen LogP contribution in [0.15, 0.2) is 30.9 Å². The van der Waals surface area contributed by atoms with Gasteiger partial charge < -0.3 is 9.94 Å². The highest BCUT2D eigenvalue weighted by molar-refractivity contribution is 5.80. The third-order valence-corrected chi connectivity index (χ3v) is 3.26. The Hall–Kier alpha value is -2.70. The summed E-state index contributed by atoms with van der Waals surface area (Å²) >= 11 is 0. The van der Waals surface area contributed by atoms with Gasteiger partial charge in [0.1, 0.15) is 11.7 Å². The van der Waals surface area contributed by atoms with Crippen LogP contribution in [0.5, 0.6) is 11.6 Å². The van der Waals surface area contributed by atoms with Crippen LogP contribution in [-0.2, 0) is 5.54 Å². The normalized spacial score (nSPS) is 11.8. The number of hydrogen-bond donors (Lipinski definition) is 0.